The molecule has 2 atom stereocenters. The van der Waals surface area contributed by atoms with Gasteiger partial charge in [-0.1, -0.05) is 42.5 Å². The number of rotatable bonds is 6. The molecular formula is C17H20INO. The lowest BCUT2D eigenvalue weighted by Gasteiger charge is -2.22. The van der Waals surface area contributed by atoms with Gasteiger partial charge in [-0.15, -0.1) is 0 Å². The number of aliphatic hydroxyl groups is 1. The molecule has 2 nitrogen and oxygen atoms in total. The van der Waals surface area contributed by atoms with Crippen LogP contribution in [0.4, 0.5) is 0 Å². The molecule has 0 amide bonds. The number of benzene rings is 2. The topological polar surface area (TPSA) is 32.3 Å². The van der Waals surface area contributed by atoms with Gasteiger partial charge in [-0.2, -0.15) is 0 Å². The zero-order valence-corrected chi connectivity index (χ0v) is 13.7. The third kappa shape index (κ3) is 4.58. The highest BCUT2D eigenvalue weighted by molar-refractivity contribution is 14.1. The minimum absolute atomic E-state index is 0.0756. The van der Waals surface area contributed by atoms with E-state index in [1.807, 2.05) is 18.2 Å². The molecule has 0 aromatic heterocycles. The van der Waals surface area contributed by atoms with Crippen molar-refractivity contribution in [1.29, 1.82) is 0 Å². The van der Waals surface area contributed by atoms with Gasteiger partial charge in [0, 0.05) is 15.7 Å². The molecule has 0 aliphatic heterocycles. The van der Waals surface area contributed by atoms with Crippen LogP contribution in [0.15, 0.2) is 54.6 Å². The van der Waals surface area contributed by atoms with Crippen LogP contribution in [0.2, 0.25) is 0 Å². The van der Waals surface area contributed by atoms with Gasteiger partial charge < -0.3 is 10.4 Å². The fraction of sp³-hybridized carbons (Fsp3) is 0.294. The summed E-state index contributed by atoms with van der Waals surface area (Å²) in [5.41, 5.74) is 2.49. The first-order valence-corrected chi connectivity index (χ1v) is 7.93. The Morgan fingerprint density at radius 2 is 1.70 bits per heavy atom. The number of nitrogens with one attached hydrogen (secondary N) is 1. The van der Waals surface area contributed by atoms with Gasteiger partial charge in [0.25, 0.3) is 0 Å². The van der Waals surface area contributed by atoms with E-state index in [4.69, 9.17) is 0 Å². The van der Waals surface area contributed by atoms with Crippen LogP contribution in [-0.2, 0) is 6.42 Å². The normalized spacial score (nSPS) is 13.9. The quantitative estimate of drug-likeness (QED) is 0.751. The second-order valence-electron chi connectivity index (χ2n) is 5.01. The Kier molecular flexibility index (Phi) is 6.01. The van der Waals surface area contributed by atoms with Gasteiger partial charge in [0.1, 0.15) is 0 Å². The smallest absolute Gasteiger partial charge is 0.0588 e. The van der Waals surface area contributed by atoms with Gasteiger partial charge in [0.15, 0.2) is 0 Å². The molecular weight excluding hydrogens is 361 g/mol. The van der Waals surface area contributed by atoms with Crippen molar-refractivity contribution in [3.05, 3.63) is 69.3 Å². The zero-order chi connectivity index (χ0) is 14.4. The van der Waals surface area contributed by atoms with E-state index in [0.717, 1.165) is 6.42 Å². The fourth-order valence-corrected chi connectivity index (χ4v) is 2.64. The Morgan fingerprint density at radius 3 is 2.30 bits per heavy atom. The third-order valence-corrected chi connectivity index (χ3v) is 4.12. The number of hydrogen-bond donors (Lipinski definition) is 2. The zero-order valence-electron chi connectivity index (χ0n) is 11.6. The second kappa shape index (κ2) is 7.76. The molecule has 3 heteroatoms. The standard InChI is InChI=1S/C17H20INO/c1-13(15-7-9-16(18)10-8-15)19-17(12-20)11-14-5-3-2-4-6-14/h2-10,13,17,19-20H,11-12H2,1H3. The molecule has 0 saturated carbocycles. The average molecular weight is 381 g/mol. The molecule has 0 aliphatic carbocycles. The molecule has 2 N–H and O–H groups in total. The van der Waals surface area contributed by atoms with Crippen molar-refractivity contribution >= 4 is 22.6 Å². The van der Waals surface area contributed by atoms with Crippen molar-refractivity contribution in [2.75, 3.05) is 6.61 Å². The summed E-state index contributed by atoms with van der Waals surface area (Å²) in [5.74, 6) is 0. The van der Waals surface area contributed by atoms with E-state index < -0.39 is 0 Å². The summed E-state index contributed by atoms with van der Waals surface area (Å²) in [4.78, 5) is 0. The van der Waals surface area contributed by atoms with Gasteiger partial charge in [0.2, 0.25) is 0 Å². The molecule has 0 radical (unpaired) electrons. The molecule has 106 valence electrons. The maximum Gasteiger partial charge on any atom is 0.0588 e. The van der Waals surface area contributed by atoms with Crippen LogP contribution in [0.5, 0.6) is 0 Å². The maximum atomic E-state index is 9.56. The Labute approximate surface area is 134 Å². The van der Waals surface area contributed by atoms with Crippen molar-refractivity contribution in [2.24, 2.45) is 0 Å². The van der Waals surface area contributed by atoms with E-state index in [1.54, 1.807) is 0 Å². The summed E-state index contributed by atoms with van der Waals surface area (Å²) in [5, 5.41) is 13.1. The van der Waals surface area contributed by atoms with Crippen LogP contribution in [0.1, 0.15) is 24.1 Å². The predicted octanol–water partition coefficient (Wildman–Crippen LogP) is 3.55. The lowest BCUT2D eigenvalue weighted by Crippen LogP contribution is -2.36. The molecule has 2 unspecified atom stereocenters. The van der Waals surface area contributed by atoms with Gasteiger partial charge in [-0.3, -0.25) is 0 Å². The Morgan fingerprint density at radius 1 is 1.05 bits per heavy atom. The average Bonchev–Trinajstić information content (AvgIpc) is 2.48. The third-order valence-electron chi connectivity index (χ3n) is 3.40. The first kappa shape index (κ1) is 15.5. The summed E-state index contributed by atoms with van der Waals surface area (Å²) in [6.07, 6.45) is 0.839. The van der Waals surface area contributed by atoms with Crippen LogP contribution in [0.25, 0.3) is 0 Å². The second-order valence-corrected chi connectivity index (χ2v) is 6.25. The molecule has 2 aromatic carbocycles. The number of hydrogen-bond acceptors (Lipinski definition) is 2. The minimum atomic E-state index is 0.0756. The number of halogens is 1. The molecule has 0 heterocycles. The minimum Gasteiger partial charge on any atom is -0.395 e. The van der Waals surface area contributed by atoms with E-state index in [9.17, 15) is 5.11 Å². The van der Waals surface area contributed by atoms with E-state index in [0.29, 0.717) is 0 Å². The molecule has 0 bridgehead atoms. The van der Waals surface area contributed by atoms with E-state index >= 15 is 0 Å². The molecule has 0 fully saturated rings. The summed E-state index contributed by atoms with van der Waals surface area (Å²) in [6.45, 7) is 2.28. The SMILES string of the molecule is CC(NC(CO)Cc1ccccc1)c1ccc(I)cc1. The van der Waals surface area contributed by atoms with Crippen molar-refractivity contribution in [2.45, 2.75) is 25.4 Å². The molecule has 0 saturated heterocycles. The summed E-state index contributed by atoms with van der Waals surface area (Å²) >= 11 is 2.31. The molecule has 2 aromatic rings. The molecule has 0 aliphatic rings. The summed E-state index contributed by atoms with van der Waals surface area (Å²) in [7, 11) is 0. The maximum absolute atomic E-state index is 9.56. The van der Waals surface area contributed by atoms with Crippen LogP contribution in [0, 0.1) is 3.57 Å². The van der Waals surface area contributed by atoms with Crippen molar-refractivity contribution < 1.29 is 5.11 Å². The van der Waals surface area contributed by atoms with E-state index in [-0.39, 0.29) is 18.7 Å². The number of aliphatic hydroxyl groups excluding tert-OH is 1. The van der Waals surface area contributed by atoms with E-state index in [1.165, 1.54) is 14.7 Å². The van der Waals surface area contributed by atoms with Crippen molar-refractivity contribution in [3.8, 4) is 0 Å². The predicted molar refractivity (Wildman–Crippen MR) is 91.7 cm³/mol. The van der Waals surface area contributed by atoms with Crippen LogP contribution in [-0.4, -0.2) is 17.8 Å². The molecule has 0 spiro atoms. The summed E-state index contributed by atoms with van der Waals surface area (Å²) in [6, 6.07) is 19.1. The van der Waals surface area contributed by atoms with Gasteiger partial charge in [-0.05, 0) is 59.2 Å². The molecule has 2 rings (SSSR count). The highest BCUT2D eigenvalue weighted by Crippen LogP contribution is 2.16. The first-order valence-electron chi connectivity index (χ1n) is 6.85. The Bertz CT molecular complexity index is 512. The van der Waals surface area contributed by atoms with Crippen molar-refractivity contribution in [1.82, 2.24) is 5.32 Å². The van der Waals surface area contributed by atoms with Gasteiger partial charge >= 0.3 is 0 Å². The van der Waals surface area contributed by atoms with Gasteiger partial charge in [0.05, 0.1) is 6.61 Å². The lowest BCUT2D eigenvalue weighted by molar-refractivity contribution is 0.232. The van der Waals surface area contributed by atoms with Crippen LogP contribution < -0.4 is 5.32 Å². The Balaban J connectivity index is 1.97. The summed E-state index contributed by atoms with van der Waals surface area (Å²) < 4.78 is 1.24. The Hall–Kier alpha value is -0.910. The van der Waals surface area contributed by atoms with Crippen LogP contribution >= 0.6 is 22.6 Å². The van der Waals surface area contributed by atoms with Crippen LogP contribution in [0.3, 0.4) is 0 Å². The largest absolute Gasteiger partial charge is 0.395 e. The highest BCUT2D eigenvalue weighted by atomic mass is 127. The van der Waals surface area contributed by atoms with Gasteiger partial charge in [-0.25, -0.2) is 0 Å². The highest BCUT2D eigenvalue weighted by Gasteiger charge is 2.13. The first-order chi connectivity index (χ1) is 9.69. The van der Waals surface area contributed by atoms with Crippen molar-refractivity contribution in [3.63, 3.8) is 0 Å². The lowest BCUT2D eigenvalue weighted by atomic mass is 10.0. The van der Waals surface area contributed by atoms with E-state index in [2.05, 4.69) is 71.2 Å². The monoisotopic (exact) mass is 381 g/mol. The fourth-order valence-electron chi connectivity index (χ4n) is 2.28. The molecule has 20 heavy (non-hydrogen) atoms.